The van der Waals surface area contributed by atoms with Crippen LogP contribution in [0.25, 0.3) is 23.8 Å². The van der Waals surface area contributed by atoms with Gasteiger partial charge in [-0.15, -0.1) is 6.42 Å². The van der Waals surface area contributed by atoms with Crippen molar-refractivity contribution in [1.82, 2.24) is 25.3 Å². The first-order chi connectivity index (χ1) is 34.1. The number of halogens is 9. The van der Waals surface area contributed by atoms with Crippen LogP contribution < -0.4 is 20.5 Å². The summed E-state index contributed by atoms with van der Waals surface area (Å²) in [6.07, 6.45) is 11.9. The Kier molecular flexibility index (Phi) is 14.2. The summed E-state index contributed by atoms with van der Waals surface area (Å²) in [4.78, 5) is 24.0. The molecule has 4 heterocycles. The first-order valence-corrected chi connectivity index (χ1v) is 23.5. The predicted molar refractivity (Wildman–Crippen MR) is 259 cm³/mol. The van der Waals surface area contributed by atoms with Gasteiger partial charge in [0.2, 0.25) is 5.88 Å². The third kappa shape index (κ3) is 9.25. The van der Waals surface area contributed by atoms with Crippen LogP contribution in [0.1, 0.15) is 53.1 Å². The highest BCUT2D eigenvalue weighted by Crippen LogP contribution is 2.75. The average molecular weight is 1060 g/mol. The van der Waals surface area contributed by atoms with Gasteiger partial charge in [-0.1, -0.05) is 65.3 Å². The van der Waals surface area contributed by atoms with Gasteiger partial charge in [0, 0.05) is 11.1 Å². The molecule has 2 aliphatic carbocycles. The number of aliphatic hydroxyl groups is 2. The van der Waals surface area contributed by atoms with E-state index >= 15 is 13.2 Å². The molecule has 72 heavy (non-hydrogen) atoms. The van der Waals surface area contributed by atoms with Crippen LogP contribution in [0.4, 0.5) is 35.1 Å². The van der Waals surface area contributed by atoms with Crippen LogP contribution in [0.2, 0.25) is 5.15 Å². The molecule has 0 spiro atoms. The molecule has 0 unspecified atom stereocenters. The molecular formula is C49H41ClF8N8O4S2. The number of aliphatic imine (C=N–C) groups is 2. The minimum absolute atomic E-state index is 0.0212. The van der Waals surface area contributed by atoms with Crippen molar-refractivity contribution in [3.63, 3.8) is 0 Å². The van der Waals surface area contributed by atoms with Crippen LogP contribution in [-0.2, 0) is 17.6 Å². The van der Waals surface area contributed by atoms with Crippen molar-refractivity contribution < 1.29 is 54.8 Å². The summed E-state index contributed by atoms with van der Waals surface area (Å²) >= 11 is 7.04. The normalized spacial score (nSPS) is 27.2. The molecule has 0 radical (unpaired) electrons. The molecule has 0 amide bonds. The summed E-state index contributed by atoms with van der Waals surface area (Å²) < 4.78 is 126. The lowest BCUT2D eigenvalue weighted by Crippen LogP contribution is -2.51. The van der Waals surface area contributed by atoms with Crippen molar-refractivity contribution in [2.45, 2.75) is 52.8 Å². The topological polar surface area (TPSA) is 173 Å². The Morgan fingerprint density at radius 2 is 1.39 bits per heavy atom. The largest absolute Gasteiger partial charge is 0.497 e. The van der Waals surface area contributed by atoms with Crippen molar-refractivity contribution in [3.05, 3.63) is 141 Å². The predicted octanol–water partition coefficient (Wildman–Crippen LogP) is 9.22. The number of hydrogen-bond donors (Lipinski definition) is 4. The Balaban J connectivity index is 0.000000195. The maximum atomic E-state index is 15.3. The molecule has 2 saturated carbocycles. The van der Waals surface area contributed by atoms with E-state index < -0.39 is 80.8 Å². The van der Waals surface area contributed by atoms with E-state index in [1.807, 2.05) is 0 Å². The molecule has 6 atom stereocenters. The van der Waals surface area contributed by atoms with Gasteiger partial charge in [-0.2, -0.15) is 0 Å². The number of aromatic nitrogens is 4. The molecule has 3 aromatic carbocycles. The second-order valence-corrected chi connectivity index (χ2v) is 20.3. The maximum Gasteiger partial charge on any atom is 0.272 e. The molecule has 5 aromatic rings. The van der Waals surface area contributed by atoms with Crippen molar-refractivity contribution in [1.29, 1.82) is 0 Å². The SMILES string of the molecule is C#CCOc1cnc(/C(F)=C/c2ccc(F)c([C@@]3(C)N=C(N)S[C@]4(CO)[C@H]3C4(F)F)c2)cn1.COc1ccc(CN=C2N[C@](C)(c3cc(/C=C(\F)c4cnc(Cl)cn4)ccc3F)[C@@H]3C(F)(F)[C@]3(CO)S2)cc1. The fourth-order valence-electron chi connectivity index (χ4n) is 9.17. The number of methoxy groups -OCH3 is 1. The van der Waals surface area contributed by atoms with Gasteiger partial charge >= 0.3 is 0 Å². The fourth-order valence-corrected chi connectivity index (χ4v) is 12.1. The van der Waals surface area contributed by atoms with Crippen LogP contribution in [0, 0.1) is 35.8 Å². The summed E-state index contributed by atoms with van der Waals surface area (Å²) in [7, 11) is 1.54. The number of thioether (sulfide) groups is 2. The van der Waals surface area contributed by atoms with Crippen molar-refractivity contribution in [2.75, 3.05) is 26.9 Å². The molecule has 5 N–H and O–H groups in total. The van der Waals surface area contributed by atoms with Crippen LogP contribution in [0.3, 0.4) is 0 Å². The Bertz CT molecular complexity index is 3060. The lowest BCUT2D eigenvalue weighted by Gasteiger charge is -2.38. The molecule has 9 rings (SSSR count). The molecule has 3 fully saturated rings. The summed E-state index contributed by atoms with van der Waals surface area (Å²) in [6.45, 7) is 1.23. The number of terminal acetylenes is 1. The summed E-state index contributed by atoms with van der Waals surface area (Å²) in [5.74, 6) is -9.67. The number of rotatable bonds is 13. The number of fused-ring (bicyclic) bond motifs is 2. The quantitative estimate of drug-likeness (QED) is 0.0652. The Morgan fingerprint density at radius 3 is 1.94 bits per heavy atom. The number of alkyl halides is 4. The highest BCUT2D eigenvalue weighted by Gasteiger charge is 2.89. The average Bonchev–Trinajstić information content (AvgIpc) is 4.10. The molecule has 1 saturated heterocycles. The van der Waals surface area contributed by atoms with Crippen LogP contribution >= 0.6 is 35.1 Å². The van der Waals surface area contributed by atoms with E-state index in [9.17, 15) is 32.2 Å². The molecule has 12 nitrogen and oxygen atoms in total. The highest BCUT2D eigenvalue weighted by molar-refractivity contribution is 8.15. The number of nitrogens with one attached hydrogen (secondary N) is 1. The number of aliphatic hydroxyl groups excluding tert-OH is 2. The van der Waals surface area contributed by atoms with E-state index in [1.54, 1.807) is 31.4 Å². The number of nitrogens with zero attached hydrogens (tertiary/aromatic N) is 6. The van der Waals surface area contributed by atoms with E-state index in [2.05, 4.69) is 41.2 Å². The Morgan fingerprint density at radius 1 is 0.819 bits per heavy atom. The molecule has 4 aliphatic rings. The van der Waals surface area contributed by atoms with E-state index in [-0.39, 0.29) is 68.2 Å². The van der Waals surface area contributed by atoms with E-state index in [1.165, 1.54) is 50.5 Å². The first kappa shape index (κ1) is 52.1. The molecule has 23 heteroatoms. The zero-order chi connectivity index (χ0) is 52.0. The molecular weight excluding hydrogens is 1020 g/mol. The molecule has 376 valence electrons. The highest BCUT2D eigenvalue weighted by atomic mass is 35.5. The van der Waals surface area contributed by atoms with Gasteiger partial charge in [-0.25, -0.2) is 55.1 Å². The minimum atomic E-state index is -3.33. The third-order valence-corrected chi connectivity index (χ3v) is 15.7. The number of ether oxygens (including phenoxy) is 2. The monoisotopic (exact) mass is 1060 g/mol. The van der Waals surface area contributed by atoms with Crippen molar-refractivity contribution in [3.8, 4) is 24.0 Å². The number of nitrogens with two attached hydrogens (primary N) is 1. The standard InChI is InChI=1S/C27H23ClF4N4O2S.C22H18F4N4O2S/c1-25(18-9-16(5-8-19(18)29)10-20(30)21-12-34-22(28)13-33-21)23-26(14-37,27(23,31)32)39-24(36-25)35-11-15-3-6-17(38-2)7-4-15;1-3-6-32-17-10-28-16(9-29-17)15(24)8-12-4-5-14(23)13(7-12)20(2)18-21(11-31,22(18,25)26)33-19(27)30-20/h3-10,12-13,23,37H,11,14H2,1-2H3,(H,35,36);1,4-5,7-10,18,31H,6,11H2,2H3,(H2,27,30)/b20-10-;15-8-/t23-,25+,26+;18-,20+,21+/m00/s1. The lowest BCUT2D eigenvalue weighted by molar-refractivity contribution is 0.0658. The Hall–Kier alpha value is -6.25. The second kappa shape index (κ2) is 19.6. The number of amidine groups is 2. The van der Waals surface area contributed by atoms with Gasteiger partial charge in [0.25, 0.3) is 11.8 Å². The van der Waals surface area contributed by atoms with Gasteiger partial charge < -0.3 is 30.7 Å². The molecule has 2 aliphatic heterocycles. The lowest BCUT2D eigenvalue weighted by atomic mass is 9.84. The minimum Gasteiger partial charge on any atom is -0.497 e. The van der Waals surface area contributed by atoms with Gasteiger partial charge in [-0.05, 0) is 79.1 Å². The van der Waals surface area contributed by atoms with E-state index in [4.69, 9.17) is 33.2 Å². The van der Waals surface area contributed by atoms with Gasteiger partial charge in [0.15, 0.2) is 28.6 Å². The van der Waals surface area contributed by atoms with Gasteiger partial charge in [-0.3, -0.25) is 9.98 Å². The van der Waals surface area contributed by atoms with Crippen molar-refractivity contribution in [2.24, 2.45) is 27.6 Å². The fraction of sp³-hybridized carbons (Fsp3) is 0.306. The van der Waals surface area contributed by atoms with Gasteiger partial charge in [0.05, 0.1) is 74.6 Å². The maximum absolute atomic E-state index is 15.3. The van der Waals surface area contributed by atoms with Crippen LogP contribution in [0.15, 0.2) is 95.4 Å². The summed E-state index contributed by atoms with van der Waals surface area (Å²) in [5.41, 5.74) is 3.04. The Labute approximate surface area is 420 Å². The first-order valence-electron chi connectivity index (χ1n) is 21.5. The summed E-state index contributed by atoms with van der Waals surface area (Å²) in [6, 6.07) is 14.4. The molecule has 0 bridgehead atoms. The van der Waals surface area contributed by atoms with Crippen molar-refractivity contribution >= 4 is 69.3 Å². The third-order valence-electron chi connectivity index (χ3n) is 12.8. The molecule has 2 aromatic heterocycles. The number of benzene rings is 3. The zero-order valence-electron chi connectivity index (χ0n) is 38.0. The smallest absolute Gasteiger partial charge is 0.272 e. The van der Waals surface area contributed by atoms with E-state index in [0.29, 0.717) is 17.5 Å². The van der Waals surface area contributed by atoms with Crippen LogP contribution in [0.5, 0.6) is 11.6 Å². The van der Waals surface area contributed by atoms with E-state index in [0.717, 1.165) is 54.0 Å². The van der Waals surface area contributed by atoms with Crippen LogP contribution in [-0.4, -0.2) is 88.8 Å². The van der Waals surface area contributed by atoms with Gasteiger partial charge in [0.1, 0.15) is 43.4 Å². The second-order valence-electron chi connectivity index (χ2n) is 17.2. The zero-order valence-corrected chi connectivity index (χ0v) is 40.4. The number of hydrogen-bond acceptors (Lipinski definition) is 13. The summed E-state index contributed by atoms with van der Waals surface area (Å²) in [5, 5.41) is 22.8.